The van der Waals surface area contributed by atoms with E-state index in [1.165, 1.54) is 0 Å². The van der Waals surface area contributed by atoms with Crippen LogP contribution in [0.5, 0.6) is 11.5 Å². The van der Waals surface area contributed by atoms with E-state index in [1.54, 1.807) is 43.8 Å². The first-order valence-electron chi connectivity index (χ1n) is 8.25. The number of aryl methyl sites for hydroxylation is 1. The summed E-state index contributed by atoms with van der Waals surface area (Å²) in [5, 5.41) is 3.20. The molecule has 6 nitrogen and oxygen atoms in total. The summed E-state index contributed by atoms with van der Waals surface area (Å²) >= 11 is 1.68. The molecule has 0 N–H and O–H groups in total. The Labute approximate surface area is 152 Å². The predicted octanol–water partition coefficient (Wildman–Crippen LogP) is 2.43. The molecule has 0 spiro atoms. The fourth-order valence-electron chi connectivity index (χ4n) is 2.96. The molecule has 1 amide bonds. The Bertz CT molecular complexity index is 739. The van der Waals surface area contributed by atoms with Gasteiger partial charge >= 0.3 is 0 Å². The Morgan fingerprint density at radius 1 is 1.20 bits per heavy atom. The maximum absolute atomic E-state index is 12.8. The Balaban J connectivity index is 1.61. The molecule has 1 aliphatic heterocycles. The van der Waals surface area contributed by atoms with Crippen molar-refractivity contribution in [2.75, 3.05) is 40.4 Å². The van der Waals surface area contributed by atoms with Crippen LogP contribution in [0.25, 0.3) is 0 Å². The van der Waals surface area contributed by atoms with Gasteiger partial charge in [0, 0.05) is 44.2 Å². The fraction of sp³-hybridized carbons (Fsp3) is 0.444. The summed E-state index contributed by atoms with van der Waals surface area (Å²) < 4.78 is 10.5. The number of rotatable bonds is 5. The highest BCUT2D eigenvalue weighted by molar-refractivity contribution is 7.09. The molecule has 1 saturated heterocycles. The molecule has 1 fully saturated rings. The number of carbonyl (C=O) groups excluding carboxylic acids is 1. The number of methoxy groups -OCH3 is 2. The Morgan fingerprint density at radius 3 is 2.56 bits per heavy atom. The number of thiazole rings is 1. The Hall–Kier alpha value is -2.12. The third-order valence-corrected chi connectivity index (χ3v) is 5.17. The zero-order chi connectivity index (χ0) is 17.8. The van der Waals surface area contributed by atoms with Crippen LogP contribution >= 0.6 is 11.3 Å². The van der Waals surface area contributed by atoms with Crippen molar-refractivity contribution in [1.29, 1.82) is 0 Å². The fourth-order valence-corrected chi connectivity index (χ4v) is 3.57. The van der Waals surface area contributed by atoms with Crippen LogP contribution in [0.4, 0.5) is 0 Å². The van der Waals surface area contributed by atoms with E-state index in [-0.39, 0.29) is 5.91 Å². The summed E-state index contributed by atoms with van der Waals surface area (Å²) in [4.78, 5) is 21.6. The lowest BCUT2D eigenvalue weighted by molar-refractivity contribution is 0.0624. The smallest absolute Gasteiger partial charge is 0.257 e. The molecule has 0 atom stereocenters. The maximum Gasteiger partial charge on any atom is 0.257 e. The molecule has 0 bridgehead atoms. The van der Waals surface area contributed by atoms with E-state index in [0.717, 1.165) is 30.3 Å². The van der Waals surface area contributed by atoms with E-state index >= 15 is 0 Å². The summed E-state index contributed by atoms with van der Waals surface area (Å²) in [6.07, 6.45) is 0. The summed E-state index contributed by atoms with van der Waals surface area (Å²) in [5.74, 6) is 1.23. The second-order valence-corrected chi connectivity index (χ2v) is 7.05. The highest BCUT2D eigenvalue weighted by Crippen LogP contribution is 2.26. The van der Waals surface area contributed by atoms with Crippen molar-refractivity contribution in [3.8, 4) is 11.5 Å². The summed E-state index contributed by atoms with van der Waals surface area (Å²) in [6.45, 7) is 5.97. The molecule has 2 aromatic rings. The molecule has 0 aliphatic carbocycles. The molecule has 25 heavy (non-hydrogen) atoms. The molecule has 0 saturated carbocycles. The quantitative estimate of drug-likeness (QED) is 0.819. The molecular weight excluding hydrogens is 338 g/mol. The van der Waals surface area contributed by atoms with Gasteiger partial charge in [0.15, 0.2) is 0 Å². The van der Waals surface area contributed by atoms with Crippen LogP contribution < -0.4 is 9.47 Å². The van der Waals surface area contributed by atoms with Gasteiger partial charge < -0.3 is 14.4 Å². The molecule has 2 heterocycles. The predicted molar refractivity (Wildman–Crippen MR) is 97.6 cm³/mol. The normalized spacial score (nSPS) is 15.2. The minimum absolute atomic E-state index is 0.00339. The van der Waals surface area contributed by atoms with Crippen LogP contribution in [-0.2, 0) is 6.54 Å². The van der Waals surface area contributed by atoms with Gasteiger partial charge in [-0.1, -0.05) is 0 Å². The highest BCUT2D eigenvalue weighted by atomic mass is 32.1. The van der Waals surface area contributed by atoms with Gasteiger partial charge in [0.2, 0.25) is 0 Å². The van der Waals surface area contributed by atoms with Crippen molar-refractivity contribution >= 4 is 17.2 Å². The second-order valence-electron chi connectivity index (χ2n) is 5.99. The summed E-state index contributed by atoms with van der Waals surface area (Å²) in [6, 6.07) is 5.30. The first-order chi connectivity index (χ1) is 12.1. The summed E-state index contributed by atoms with van der Waals surface area (Å²) in [7, 11) is 3.17. The van der Waals surface area contributed by atoms with Crippen LogP contribution in [0, 0.1) is 6.92 Å². The van der Waals surface area contributed by atoms with Gasteiger partial charge in [0.05, 0.1) is 30.5 Å². The first-order valence-corrected chi connectivity index (χ1v) is 9.13. The number of piperazine rings is 1. The van der Waals surface area contributed by atoms with Gasteiger partial charge in [-0.15, -0.1) is 11.3 Å². The Morgan fingerprint density at radius 2 is 1.96 bits per heavy atom. The molecule has 0 radical (unpaired) electrons. The van der Waals surface area contributed by atoms with Crippen LogP contribution in [0.3, 0.4) is 0 Å². The lowest BCUT2D eigenvalue weighted by atomic mass is 10.1. The number of aromatic nitrogens is 1. The average molecular weight is 361 g/mol. The zero-order valence-electron chi connectivity index (χ0n) is 14.8. The third-order valence-electron chi connectivity index (χ3n) is 4.35. The van der Waals surface area contributed by atoms with Crippen molar-refractivity contribution < 1.29 is 14.3 Å². The molecule has 134 valence electrons. The molecule has 3 rings (SSSR count). The number of hydrogen-bond donors (Lipinski definition) is 0. The van der Waals surface area contributed by atoms with Gasteiger partial charge in [-0.05, 0) is 19.1 Å². The van der Waals surface area contributed by atoms with E-state index < -0.39 is 0 Å². The van der Waals surface area contributed by atoms with Crippen LogP contribution in [0.2, 0.25) is 0 Å². The van der Waals surface area contributed by atoms with Gasteiger partial charge in [0.1, 0.15) is 11.5 Å². The van der Waals surface area contributed by atoms with Crippen LogP contribution in [0.15, 0.2) is 23.6 Å². The number of nitrogens with zero attached hydrogens (tertiary/aromatic N) is 3. The van der Waals surface area contributed by atoms with Gasteiger partial charge in [0.25, 0.3) is 5.91 Å². The van der Waals surface area contributed by atoms with Crippen molar-refractivity contribution in [3.63, 3.8) is 0 Å². The monoisotopic (exact) mass is 361 g/mol. The number of benzene rings is 1. The number of hydrogen-bond acceptors (Lipinski definition) is 6. The largest absolute Gasteiger partial charge is 0.497 e. The van der Waals surface area contributed by atoms with E-state index in [2.05, 4.69) is 15.3 Å². The van der Waals surface area contributed by atoms with Crippen molar-refractivity contribution in [1.82, 2.24) is 14.8 Å². The maximum atomic E-state index is 12.8. The number of carbonyl (C=O) groups is 1. The summed E-state index contributed by atoms with van der Waals surface area (Å²) in [5.41, 5.74) is 1.69. The second kappa shape index (κ2) is 7.84. The lowest BCUT2D eigenvalue weighted by Gasteiger charge is -2.34. The highest BCUT2D eigenvalue weighted by Gasteiger charge is 2.24. The van der Waals surface area contributed by atoms with Crippen molar-refractivity contribution in [2.45, 2.75) is 13.5 Å². The first kappa shape index (κ1) is 17.7. The molecule has 1 aromatic carbocycles. The Kier molecular flexibility index (Phi) is 5.55. The van der Waals surface area contributed by atoms with Crippen molar-refractivity contribution in [3.05, 3.63) is 39.8 Å². The minimum Gasteiger partial charge on any atom is -0.497 e. The number of ether oxygens (including phenoxy) is 2. The van der Waals surface area contributed by atoms with E-state index in [1.807, 2.05) is 11.8 Å². The topological polar surface area (TPSA) is 54.9 Å². The van der Waals surface area contributed by atoms with Crippen LogP contribution in [0.1, 0.15) is 21.1 Å². The van der Waals surface area contributed by atoms with Gasteiger partial charge in [-0.25, -0.2) is 4.98 Å². The average Bonchev–Trinajstić information content (AvgIpc) is 3.06. The molecule has 7 heteroatoms. The van der Waals surface area contributed by atoms with Crippen molar-refractivity contribution in [2.24, 2.45) is 0 Å². The SMILES string of the molecule is COc1ccc(C(=O)N2CCN(Cc3csc(C)n3)CC2)c(OC)c1. The molecule has 0 unspecified atom stereocenters. The molecule has 1 aliphatic rings. The van der Waals surface area contributed by atoms with Gasteiger partial charge in [-0.2, -0.15) is 0 Å². The van der Waals surface area contributed by atoms with Gasteiger partial charge in [-0.3, -0.25) is 9.69 Å². The van der Waals surface area contributed by atoms with E-state index in [9.17, 15) is 4.79 Å². The number of amides is 1. The zero-order valence-corrected chi connectivity index (χ0v) is 15.6. The van der Waals surface area contributed by atoms with E-state index in [0.29, 0.717) is 30.2 Å². The standard InChI is InChI=1S/C18H23N3O3S/c1-13-19-14(12-25-13)11-20-6-8-21(9-7-20)18(22)16-5-4-15(23-2)10-17(16)24-3/h4-5,10,12H,6-9,11H2,1-3H3. The molecule has 1 aromatic heterocycles. The lowest BCUT2D eigenvalue weighted by Crippen LogP contribution is -2.48. The molecular formula is C18H23N3O3S. The van der Waals surface area contributed by atoms with Crippen LogP contribution in [-0.4, -0.2) is 61.1 Å². The minimum atomic E-state index is 0.00339. The van der Waals surface area contributed by atoms with E-state index in [4.69, 9.17) is 9.47 Å². The third kappa shape index (κ3) is 4.11.